The molecule has 0 unspecified atom stereocenters. The van der Waals surface area contributed by atoms with Crippen LogP contribution >= 0.6 is 0 Å². The lowest BCUT2D eigenvalue weighted by atomic mass is 10.2. The molecule has 0 fully saturated rings. The number of rotatable bonds is 8. The maximum Gasteiger partial charge on any atom is 0.434 e. The summed E-state index contributed by atoms with van der Waals surface area (Å²) in [6.45, 7) is 0.0309. The van der Waals surface area contributed by atoms with Crippen molar-refractivity contribution < 1.29 is 45.5 Å². The Morgan fingerprint density at radius 3 is 2.29 bits per heavy atom. The van der Waals surface area contributed by atoms with Crippen LogP contribution in [0.25, 0.3) is 0 Å². The Morgan fingerprint density at radius 1 is 0.974 bits per heavy atom. The highest BCUT2D eigenvalue weighted by atomic mass is 19.4. The predicted molar refractivity (Wildman–Crippen MR) is 117 cm³/mol. The van der Waals surface area contributed by atoms with Gasteiger partial charge in [-0.2, -0.15) is 46.4 Å². The van der Waals surface area contributed by atoms with E-state index >= 15 is 0 Å². The Morgan fingerprint density at radius 2 is 1.63 bits per heavy atom. The van der Waals surface area contributed by atoms with Gasteiger partial charge in [0.2, 0.25) is 12.7 Å². The van der Waals surface area contributed by atoms with Gasteiger partial charge in [0.05, 0.1) is 11.1 Å². The number of halogens is 6. The largest absolute Gasteiger partial charge is 0.454 e. The number of anilines is 3. The van der Waals surface area contributed by atoms with Gasteiger partial charge in [-0.05, 0) is 35.9 Å². The molecule has 12 nitrogen and oxygen atoms in total. The molecule has 0 bridgehead atoms. The number of benzene rings is 2. The number of hydrogen-bond acceptors (Lipinski definition) is 11. The molecule has 38 heavy (non-hydrogen) atoms. The van der Waals surface area contributed by atoms with Crippen molar-refractivity contribution in [1.82, 2.24) is 15.0 Å². The van der Waals surface area contributed by atoms with Crippen molar-refractivity contribution in [2.24, 2.45) is 5.10 Å². The van der Waals surface area contributed by atoms with E-state index in [1.807, 2.05) is 0 Å². The minimum atomic E-state index is -5.83. The van der Waals surface area contributed by atoms with Gasteiger partial charge in [0.25, 0.3) is 17.7 Å². The molecule has 0 spiro atoms. The van der Waals surface area contributed by atoms with Gasteiger partial charge >= 0.3 is 18.4 Å². The lowest BCUT2D eigenvalue weighted by Gasteiger charge is -2.22. The third-order valence-corrected chi connectivity index (χ3v) is 4.54. The van der Waals surface area contributed by atoms with Gasteiger partial charge in [-0.25, -0.2) is 5.43 Å². The summed E-state index contributed by atoms with van der Waals surface area (Å²) in [6, 6.07) is 8.04. The maximum atomic E-state index is 13.0. The summed E-state index contributed by atoms with van der Waals surface area (Å²) in [4.78, 5) is 20.8. The maximum absolute atomic E-state index is 13.0. The van der Waals surface area contributed by atoms with Crippen LogP contribution in [0.3, 0.4) is 0 Å². The van der Waals surface area contributed by atoms with E-state index in [2.05, 4.69) is 35.5 Å². The van der Waals surface area contributed by atoms with E-state index in [9.17, 15) is 36.5 Å². The highest BCUT2D eigenvalue weighted by molar-refractivity contribution is 5.81. The standard InChI is InChI=1S/C20H13F6N7O5/c21-19(22,23)15(20(24,25)26)38-18-30-16(28-11-2-4-12(5-3-11)33(34)35)29-17(31-18)32-27-8-10-1-6-13-14(7-10)37-9-36-13/h1-8,15H,9H2,(H2,28,29,30,31,32)/b27-8+. The summed E-state index contributed by atoms with van der Waals surface area (Å²) < 4.78 is 92.4. The molecule has 1 aromatic heterocycles. The van der Waals surface area contributed by atoms with Crippen molar-refractivity contribution in [3.05, 3.63) is 58.1 Å². The van der Waals surface area contributed by atoms with Crippen LogP contribution in [-0.2, 0) is 0 Å². The fourth-order valence-electron chi connectivity index (χ4n) is 2.89. The van der Waals surface area contributed by atoms with E-state index in [0.29, 0.717) is 17.1 Å². The van der Waals surface area contributed by atoms with E-state index in [0.717, 1.165) is 12.1 Å². The highest BCUT2D eigenvalue weighted by Crippen LogP contribution is 2.36. The molecule has 4 rings (SSSR count). The van der Waals surface area contributed by atoms with E-state index < -0.39 is 41.3 Å². The average molecular weight is 545 g/mol. The van der Waals surface area contributed by atoms with Crippen LogP contribution in [0.5, 0.6) is 17.5 Å². The van der Waals surface area contributed by atoms with Crippen LogP contribution in [0.15, 0.2) is 47.6 Å². The number of alkyl halides is 6. The molecule has 0 saturated heterocycles. The zero-order valence-corrected chi connectivity index (χ0v) is 18.4. The fourth-order valence-corrected chi connectivity index (χ4v) is 2.89. The van der Waals surface area contributed by atoms with Crippen molar-refractivity contribution in [2.75, 3.05) is 17.5 Å². The monoisotopic (exact) mass is 545 g/mol. The number of nitro groups is 1. The van der Waals surface area contributed by atoms with E-state index in [-0.39, 0.29) is 18.2 Å². The second-order valence-corrected chi connectivity index (χ2v) is 7.26. The molecular formula is C20H13F6N7O5. The number of ether oxygens (including phenoxy) is 3. The van der Waals surface area contributed by atoms with Crippen molar-refractivity contribution in [3.8, 4) is 17.5 Å². The minimum absolute atomic E-state index is 0.0309. The number of hydrazone groups is 1. The van der Waals surface area contributed by atoms with E-state index in [4.69, 9.17) is 9.47 Å². The Bertz CT molecular complexity index is 1340. The van der Waals surface area contributed by atoms with Gasteiger partial charge in [-0.3, -0.25) is 10.1 Å². The number of aromatic nitrogens is 3. The summed E-state index contributed by atoms with van der Waals surface area (Å²) in [5.41, 5.74) is 2.60. The Balaban J connectivity index is 1.60. The number of nitrogens with one attached hydrogen (secondary N) is 2. The van der Waals surface area contributed by atoms with Gasteiger partial charge in [0.15, 0.2) is 11.5 Å². The number of hydrogen-bond donors (Lipinski definition) is 2. The van der Waals surface area contributed by atoms with Crippen LogP contribution < -0.4 is 25.0 Å². The average Bonchev–Trinajstić information content (AvgIpc) is 3.29. The number of fused-ring (bicyclic) bond motifs is 1. The Hall–Kier alpha value is -4.90. The SMILES string of the molecule is O=[N+]([O-])c1ccc(Nc2nc(N/N=C/c3ccc4c(c3)OCO4)nc(OC(C(F)(F)F)C(F)(F)F)n2)cc1. The first-order chi connectivity index (χ1) is 17.9. The molecule has 200 valence electrons. The first-order valence-electron chi connectivity index (χ1n) is 10.1. The van der Waals surface area contributed by atoms with Crippen molar-refractivity contribution in [2.45, 2.75) is 18.5 Å². The van der Waals surface area contributed by atoms with Crippen molar-refractivity contribution >= 4 is 29.5 Å². The lowest BCUT2D eigenvalue weighted by molar-refractivity contribution is -0.384. The van der Waals surface area contributed by atoms with Gasteiger partial charge in [-0.1, -0.05) is 0 Å². The molecule has 0 radical (unpaired) electrons. The molecule has 2 N–H and O–H groups in total. The molecule has 0 saturated carbocycles. The van der Waals surface area contributed by atoms with Crippen LogP contribution in [0.1, 0.15) is 5.56 Å². The molecule has 1 aliphatic rings. The van der Waals surface area contributed by atoms with Gasteiger partial charge < -0.3 is 19.5 Å². The van der Waals surface area contributed by atoms with Crippen LogP contribution in [0.2, 0.25) is 0 Å². The van der Waals surface area contributed by atoms with Gasteiger partial charge in [-0.15, -0.1) is 0 Å². The zero-order valence-electron chi connectivity index (χ0n) is 18.4. The van der Waals surface area contributed by atoms with Crippen LogP contribution in [-0.4, -0.2) is 51.3 Å². The quantitative estimate of drug-likeness (QED) is 0.179. The molecule has 18 heteroatoms. The molecule has 3 aromatic rings. The van der Waals surface area contributed by atoms with Crippen molar-refractivity contribution in [1.29, 1.82) is 0 Å². The summed E-state index contributed by atoms with van der Waals surface area (Å²) in [7, 11) is 0. The molecule has 1 aliphatic heterocycles. The topological polar surface area (TPSA) is 146 Å². The molecule has 0 atom stereocenters. The number of nitrogens with zero attached hydrogens (tertiary/aromatic N) is 5. The lowest BCUT2D eigenvalue weighted by Crippen LogP contribution is -2.46. The van der Waals surface area contributed by atoms with Gasteiger partial charge in [0.1, 0.15) is 0 Å². The summed E-state index contributed by atoms with van der Waals surface area (Å²) in [5.74, 6) is -0.197. The first kappa shape index (κ1) is 26.2. The normalized spacial score (nSPS) is 13.1. The molecule has 2 heterocycles. The predicted octanol–water partition coefficient (Wildman–Crippen LogP) is 4.57. The third kappa shape index (κ3) is 6.45. The summed E-state index contributed by atoms with van der Waals surface area (Å²) >= 11 is 0. The number of nitro benzene ring substituents is 1. The molecule has 0 amide bonds. The summed E-state index contributed by atoms with van der Waals surface area (Å²) in [5, 5.41) is 17.1. The summed E-state index contributed by atoms with van der Waals surface area (Å²) in [6.07, 6.45) is -14.7. The van der Waals surface area contributed by atoms with Crippen LogP contribution in [0.4, 0.5) is 49.6 Å². The number of non-ortho nitro benzene ring substituents is 1. The minimum Gasteiger partial charge on any atom is -0.454 e. The smallest absolute Gasteiger partial charge is 0.434 e. The highest BCUT2D eigenvalue weighted by Gasteiger charge is 2.59. The molecular weight excluding hydrogens is 532 g/mol. The van der Waals surface area contributed by atoms with Gasteiger partial charge in [0, 0.05) is 17.8 Å². The molecule has 2 aromatic carbocycles. The first-order valence-corrected chi connectivity index (χ1v) is 10.1. The second-order valence-electron chi connectivity index (χ2n) is 7.26. The van der Waals surface area contributed by atoms with Crippen LogP contribution in [0, 0.1) is 10.1 Å². The zero-order chi connectivity index (χ0) is 27.5. The van der Waals surface area contributed by atoms with E-state index in [1.54, 1.807) is 18.2 Å². The third-order valence-electron chi connectivity index (χ3n) is 4.54. The van der Waals surface area contributed by atoms with Crippen molar-refractivity contribution in [3.63, 3.8) is 0 Å². The van der Waals surface area contributed by atoms with E-state index in [1.165, 1.54) is 18.3 Å². The Labute approximate surface area is 207 Å². The molecule has 0 aliphatic carbocycles. The Kier molecular flexibility index (Phi) is 7.04. The fraction of sp³-hybridized carbons (Fsp3) is 0.200. The second kappa shape index (κ2) is 10.2.